The number of nitrogens with zero attached hydrogens (tertiary/aromatic N) is 3. The summed E-state index contributed by atoms with van der Waals surface area (Å²) in [5.74, 6) is 1.49. The Hall–Kier alpha value is -2.14. The summed E-state index contributed by atoms with van der Waals surface area (Å²) in [6.45, 7) is 5.97. The first-order valence-electron chi connectivity index (χ1n) is 7.61. The van der Waals surface area contributed by atoms with Crippen LogP contribution in [0.2, 0.25) is 0 Å². The molecular weight excluding hydrogens is 274 g/mol. The summed E-state index contributed by atoms with van der Waals surface area (Å²) in [6, 6.07) is 10.2. The van der Waals surface area contributed by atoms with Crippen molar-refractivity contribution in [2.45, 2.75) is 20.3 Å². The lowest BCUT2D eigenvalue weighted by Crippen LogP contribution is -2.17. The minimum atomic E-state index is 0.674. The van der Waals surface area contributed by atoms with E-state index in [2.05, 4.69) is 70.8 Å². The molecule has 2 N–H and O–H groups in total. The molecule has 0 amide bonds. The van der Waals surface area contributed by atoms with Crippen LogP contribution in [-0.4, -0.2) is 42.1 Å². The molecule has 118 valence electrons. The van der Waals surface area contributed by atoms with Crippen LogP contribution in [0.5, 0.6) is 0 Å². The molecular formula is C17H25N5. The molecule has 5 nitrogen and oxygen atoms in total. The van der Waals surface area contributed by atoms with E-state index < -0.39 is 0 Å². The Morgan fingerprint density at radius 2 is 1.77 bits per heavy atom. The lowest BCUT2D eigenvalue weighted by molar-refractivity contribution is 0.405. The van der Waals surface area contributed by atoms with Crippen LogP contribution in [0.15, 0.2) is 30.3 Å². The first-order chi connectivity index (χ1) is 10.5. The Kier molecular flexibility index (Phi) is 5.72. The van der Waals surface area contributed by atoms with Crippen molar-refractivity contribution in [2.75, 3.05) is 37.8 Å². The van der Waals surface area contributed by atoms with Crippen LogP contribution in [0.25, 0.3) is 0 Å². The van der Waals surface area contributed by atoms with E-state index in [0.29, 0.717) is 5.95 Å². The first kappa shape index (κ1) is 16.2. The molecule has 0 radical (unpaired) electrons. The second-order valence-corrected chi connectivity index (χ2v) is 5.79. The molecule has 22 heavy (non-hydrogen) atoms. The van der Waals surface area contributed by atoms with Crippen molar-refractivity contribution in [2.24, 2.45) is 0 Å². The molecule has 2 rings (SSSR count). The number of aromatic nitrogens is 2. The minimum Gasteiger partial charge on any atom is -0.354 e. The van der Waals surface area contributed by atoms with Crippen LogP contribution in [-0.2, 0) is 0 Å². The normalized spacial score (nSPS) is 10.8. The molecule has 1 heterocycles. The second kappa shape index (κ2) is 7.75. The Morgan fingerprint density at radius 3 is 2.45 bits per heavy atom. The summed E-state index contributed by atoms with van der Waals surface area (Å²) in [7, 11) is 4.15. The zero-order valence-corrected chi connectivity index (χ0v) is 13.8. The smallest absolute Gasteiger partial charge is 0.224 e. The van der Waals surface area contributed by atoms with Gasteiger partial charge in [-0.25, -0.2) is 4.98 Å². The van der Waals surface area contributed by atoms with Gasteiger partial charge in [0.25, 0.3) is 0 Å². The Labute approximate surface area is 132 Å². The highest BCUT2D eigenvalue weighted by molar-refractivity contribution is 5.57. The van der Waals surface area contributed by atoms with Gasteiger partial charge in [0.2, 0.25) is 5.95 Å². The highest BCUT2D eigenvalue weighted by atomic mass is 15.1. The van der Waals surface area contributed by atoms with E-state index >= 15 is 0 Å². The highest BCUT2D eigenvalue weighted by Crippen LogP contribution is 2.17. The Balaban J connectivity index is 1.98. The van der Waals surface area contributed by atoms with Crippen molar-refractivity contribution in [1.82, 2.24) is 14.9 Å². The highest BCUT2D eigenvalue weighted by Gasteiger charge is 2.03. The van der Waals surface area contributed by atoms with Crippen LogP contribution in [0.3, 0.4) is 0 Å². The van der Waals surface area contributed by atoms with Gasteiger partial charge in [0, 0.05) is 24.0 Å². The fourth-order valence-corrected chi connectivity index (χ4v) is 2.09. The maximum atomic E-state index is 4.52. The number of anilines is 3. The van der Waals surface area contributed by atoms with Gasteiger partial charge in [-0.3, -0.25) is 0 Å². The fourth-order valence-electron chi connectivity index (χ4n) is 2.09. The van der Waals surface area contributed by atoms with E-state index in [1.54, 1.807) is 0 Å². The van der Waals surface area contributed by atoms with E-state index in [0.717, 1.165) is 36.7 Å². The third-order valence-corrected chi connectivity index (χ3v) is 3.24. The average Bonchev–Trinajstić information content (AvgIpc) is 2.45. The molecule has 0 saturated heterocycles. The van der Waals surface area contributed by atoms with Gasteiger partial charge in [-0.2, -0.15) is 4.98 Å². The molecule has 1 aromatic heterocycles. The molecule has 0 unspecified atom stereocenters. The van der Waals surface area contributed by atoms with Gasteiger partial charge in [-0.15, -0.1) is 0 Å². The van der Waals surface area contributed by atoms with Gasteiger partial charge >= 0.3 is 0 Å². The Morgan fingerprint density at radius 1 is 1.05 bits per heavy atom. The molecule has 0 atom stereocenters. The molecule has 0 bridgehead atoms. The molecule has 5 heteroatoms. The van der Waals surface area contributed by atoms with E-state index in [1.807, 2.05) is 13.0 Å². The molecule has 0 aliphatic heterocycles. The standard InChI is InChI=1S/C17H25N5/c1-13-6-8-15(9-7-13)20-16-12-14(2)19-17(21-16)18-10-5-11-22(3)4/h6-9,12H,5,10-11H2,1-4H3,(H2,18,19,20,21). The van der Waals surface area contributed by atoms with Gasteiger partial charge in [0.05, 0.1) is 0 Å². The molecule has 0 saturated carbocycles. The number of rotatable bonds is 7. The summed E-state index contributed by atoms with van der Waals surface area (Å²) < 4.78 is 0. The van der Waals surface area contributed by atoms with E-state index in [9.17, 15) is 0 Å². The minimum absolute atomic E-state index is 0.674. The van der Waals surface area contributed by atoms with Crippen molar-refractivity contribution < 1.29 is 0 Å². The van der Waals surface area contributed by atoms with Gasteiger partial charge < -0.3 is 15.5 Å². The van der Waals surface area contributed by atoms with Crippen molar-refractivity contribution >= 4 is 17.5 Å². The number of hydrogen-bond donors (Lipinski definition) is 2. The SMILES string of the molecule is Cc1ccc(Nc2cc(C)nc(NCCCN(C)C)n2)cc1. The molecule has 0 aliphatic rings. The third-order valence-electron chi connectivity index (χ3n) is 3.24. The summed E-state index contributed by atoms with van der Waals surface area (Å²) in [6.07, 6.45) is 1.06. The zero-order valence-electron chi connectivity index (χ0n) is 13.8. The average molecular weight is 299 g/mol. The van der Waals surface area contributed by atoms with Crippen LogP contribution in [0, 0.1) is 13.8 Å². The molecule has 0 spiro atoms. The van der Waals surface area contributed by atoms with Gasteiger partial charge in [0.1, 0.15) is 5.82 Å². The largest absolute Gasteiger partial charge is 0.354 e. The van der Waals surface area contributed by atoms with Crippen LogP contribution >= 0.6 is 0 Å². The molecule has 1 aromatic carbocycles. The van der Waals surface area contributed by atoms with Crippen LogP contribution in [0.1, 0.15) is 17.7 Å². The lowest BCUT2D eigenvalue weighted by atomic mass is 10.2. The number of benzene rings is 1. The number of aryl methyl sites for hydroxylation is 2. The van der Waals surface area contributed by atoms with Crippen molar-refractivity contribution in [3.8, 4) is 0 Å². The van der Waals surface area contributed by atoms with Crippen LogP contribution < -0.4 is 10.6 Å². The van der Waals surface area contributed by atoms with E-state index in [1.165, 1.54) is 5.56 Å². The maximum absolute atomic E-state index is 4.52. The van der Waals surface area contributed by atoms with Crippen LogP contribution in [0.4, 0.5) is 17.5 Å². The van der Waals surface area contributed by atoms with Gasteiger partial charge in [-0.1, -0.05) is 17.7 Å². The fraction of sp³-hybridized carbons (Fsp3) is 0.412. The zero-order chi connectivity index (χ0) is 15.9. The second-order valence-electron chi connectivity index (χ2n) is 5.79. The number of nitrogens with one attached hydrogen (secondary N) is 2. The third kappa shape index (κ3) is 5.33. The Bertz CT molecular complexity index is 592. The maximum Gasteiger partial charge on any atom is 0.224 e. The summed E-state index contributed by atoms with van der Waals surface area (Å²) >= 11 is 0. The van der Waals surface area contributed by atoms with E-state index in [-0.39, 0.29) is 0 Å². The predicted molar refractivity (Wildman–Crippen MR) is 92.9 cm³/mol. The van der Waals surface area contributed by atoms with Gasteiger partial charge in [-0.05, 0) is 53.0 Å². The molecule has 2 aromatic rings. The van der Waals surface area contributed by atoms with Gasteiger partial charge in [0.15, 0.2) is 0 Å². The van der Waals surface area contributed by atoms with E-state index in [4.69, 9.17) is 0 Å². The summed E-state index contributed by atoms with van der Waals surface area (Å²) in [5.41, 5.74) is 3.22. The lowest BCUT2D eigenvalue weighted by Gasteiger charge is -2.12. The summed E-state index contributed by atoms with van der Waals surface area (Å²) in [5, 5.41) is 6.61. The number of hydrogen-bond acceptors (Lipinski definition) is 5. The monoisotopic (exact) mass is 299 g/mol. The molecule has 0 fully saturated rings. The quantitative estimate of drug-likeness (QED) is 0.769. The predicted octanol–water partition coefficient (Wildman–Crippen LogP) is 3.20. The summed E-state index contributed by atoms with van der Waals surface area (Å²) in [4.78, 5) is 11.1. The van der Waals surface area contributed by atoms with Crippen molar-refractivity contribution in [3.63, 3.8) is 0 Å². The first-order valence-corrected chi connectivity index (χ1v) is 7.61. The van der Waals surface area contributed by atoms with Crippen molar-refractivity contribution in [1.29, 1.82) is 0 Å². The topological polar surface area (TPSA) is 53.1 Å². The van der Waals surface area contributed by atoms with Crippen molar-refractivity contribution in [3.05, 3.63) is 41.6 Å². The molecule has 0 aliphatic carbocycles.